The highest BCUT2D eigenvalue weighted by Crippen LogP contribution is 2.23. The van der Waals surface area contributed by atoms with E-state index in [1.54, 1.807) is 24.0 Å². The van der Waals surface area contributed by atoms with Crippen molar-refractivity contribution in [3.63, 3.8) is 0 Å². The van der Waals surface area contributed by atoms with E-state index < -0.39 is 0 Å². The molecule has 0 N–H and O–H groups in total. The number of nitrogens with zero attached hydrogens (tertiary/aromatic N) is 2. The summed E-state index contributed by atoms with van der Waals surface area (Å²) in [5.41, 5.74) is 3.90. The lowest BCUT2D eigenvalue weighted by Gasteiger charge is -2.32. The number of pyridine rings is 1. The average molecular weight is 328 g/mol. The molecule has 5 heteroatoms. The molecule has 3 rings (SSSR count). The van der Waals surface area contributed by atoms with Gasteiger partial charge in [-0.05, 0) is 48.7 Å². The topological polar surface area (TPSA) is 42.4 Å². The highest BCUT2D eigenvalue weighted by Gasteiger charge is 2.24. The van der Waals surface area contributed by atoms with Crippen LogP contribution in [0, 0.1) is 12.7 Å². The van der Waals surface area contributed by atoms with E-state index in [-0.39, 0.29) is 17.8 Å². The maximum Gasteiger partial charge on any atom is 0.219 e. The van der Waals surface area contributed by atoms with Gasteiger partial charge in [-0.2, -0.15) is 0 Å². The molecule has 0 radical (unpaired) electrons. The molecular formula is C19H21FN2O2. The van der Waals surface area contributed by atoms with Crippen molar-refractivity contribution in [3.8, 4) is 0 Å². The molecule has 0 bridgehead atoms. The van der Waals surface area contributed by atoms with Gasteiger partial charge >= 0.3 is 0 Å². The van der Waals surface area contributed by atoms with Crippen LogP contribution in [0.2, 0.25) is 0 Å². The first-order valence-electron chi connectivity index (χ1n) is 8.10. The molecule has 1 amide bonds. The van der Waals surface area contributed by atoms with Gasteiger partial charge in [-0.3, -0.25) is 9.78 Å². The second kappa shape index (κ2) is 7.09. The molecule has 1 aliphatic heterocycles. The summed E-state index contributed by atoms with van der Waals surface area (Å²) in [5, 5.41) is 0. The monoisotopic (exact) mass is 328 g/mol. The number of ether oxygens (including phenoxy) is 1. The average Bonchev–Trinajstić information content (AvgIpc) is 2.56. The van der Waals surface area contributed by atoms with E-state index in [1.807, 2.05) is 19.1 Å². The lowest BCUT2D eigenvalue weighted by atomic mass is 10.0. The van der Waals surface area contributed by atoms with Crippen LogP contribution < -0.4 is 0 Å². The molecule has 4 nitrogen and oxygen atoms in total. The van der Waals surface area contributed by atoms with Crippen LogP contribution in [0.3, 0.4) is 0 Å². The Morgan fingerprint density at radius 3 is 2.75 bits per heavy atom. The summed E-state index contributed by atoms with van der Waals surface area (Å²) in [6, 6.07) is 10.6. The SMILES string of the molecule is CC(=O)N1CCO[C@H](c2cc(Cc3ccc(F)cc3)cc(C)n2)C1. The lowest BCUT2D eigenvalue weighted by molar-refractivity contribution is -0.136. The molecule has 1 fully saturated rings. The van der Waals surface area contributed by atoms with E-state index in [4.69, 9.17) is 4.74 Å². The van der Waals surface area contributed by atoms with E-state index in [9.17, 15) is 9.18 Å². The number of amides is 1. The minimum atomic E-state index is -0.231. The summed E-state index contributed by atoms with van der Waals surface area (Å²) in [7, 11) is 0. The van der Waals surface area contributed by atoms with Gasteiger partial charge in [0.15, 0.2) is 0 Å². The highest BCUT2D eigenvalue weighted by molar-refractivity contribution is 5.73. The smallest absolute Gasteiger partial charge is 0.219 e. The van der Waals surface area contributed by atoms with Crippen LogP contribution in [0.5, 0.6) is 0 Å². The van der Waals surface area contributed by atoms with Crippen molar-refractivity contribution in [2.45, 2.75) is 26.4 Å². The van der Waals surface area contributed by atoms with Gasteiger partial charge in [0, 0.05) is 19.2 Å². The largest absolute Gasteiger partial charge is 0.368 e. The van der Waals surface area contributed by atoms with Gasteiger partial charge in [-0.1, -0.05) is 12.1 Å². The number of morpholine rings is 1. The minimum absolute atomic E-state index is 0.0579. The van der Waals surface area contributed by atoms with E-state index >= 15 is 0 Å². The van der Waals surface area contributed by atoms with E-state index in [0.717, 1.165) is 22.5 Å². The van der Waals surface area contributed by atoms with Crippen LogP contribution in [0.25, 0.3) is 0 Å². The van der Waals surface area contributed by atoms with Crippen molar-refractivity contribution in [3.05, 3.63) is 64.7 Å². The molecule has 1 saturated heterocycles. The molecule has 2 aromatic rings. The third-order valence-corrected chi connectivity index (χ3v) is 4.20. The molecular weight excluding hydrogens is 307 g/mol. The normalized spacial score (nSPS) is 17.8. The Balaban J connectivity index is 1.80. The number of hydrogen-bond acceptors (Lipinski definition) is 3. The van der Waals surface area contributed by atoms with Crippen LogP contribution in [-0.2, 0) is 16.0 Å². The van der Waals surface area contributed by atoms with Crippen molar-refractivity contribution < 1.29 is 13.9 Å². The molecule has 0 aliphatic carbocycles. The number of halogens is 1. The number of aryl methyl sites for hydroxylation is 1. The highest BCUT2D eigenvalue weighted by atomic mass is 19.1. The molecule has 0 saturated carbocycles. The molecule has 1 aromatic heterocycles. The van der Waals surface area contributed by atoms with Gasteiger partial charge < -0.3 is 9.64 Å². The van der Waals surface area contributed by atoms with Crippen molar-refractivity contribution in [1.29, 1.82) is 0 Å². The number of benzene rings is 1. The molecule has 0 spiro atoms. The van der Waals surface area contributed by atoms with Gasteiger partial charge in [0.2, 0.25) is 5.91 Å². The van der Waals surface area contributed by atoms with Crippen molar-refractivity contribution >= 4 is 5.91 Å². The molecule has 24 heavy (non-hydrogen) atoms. The molecule has 1 atom stereocenters. The summed E-state index contributed by atoms with van der Waals surface area (Å²) in [5.74, 6) is -0.173. The van der Waals surface area contributed by atoms with Crippen LogP contribution >= 0.6 is 0 Å². The molecule has 126 valence electrons. The summed E-state index contributed by atoms with van der Waals surface area (Å²) in [6.45, 7) is 5.20. The van der Waals surface area contributed by atoms with Crippen LogP contribution in [0.15, 0.2) is 36.4 Å². The van der Waals surface area contributed by atoms with E-state index in [2.05, 4.69) is 4.98 Å². The quantitative estimate of drug-likeness (QED) is 0.870. The lowest BCUT2D eigenvalue weighted by Crippen LogP contribution is -2.41. The maximum atomic E-state index is 13.0. The number of rotatable bonds is 3. The van der Waals surface area contributed by atoms with Crippen LogP contribution in [-0.4, -0.2) is 35.5 Å². The first-order chi connectivity index (χ1) is 11.5. The summed E-state index contributed by atoms with van der Waals surface area (Å²) >= 11 is 0. The Bertz CT molecular complexity index is 731. The fourth-order valence-electron chi connectivity index (χ4n) is 2.99. The van der Waals surface area contributed by atoms with Gasteiger partial charge in [0.05, 0.1) is 18.8 Å². The van der Waals surface area contributed by atoms with E-state index in [1.165, 1.54) is 12.1 Å². The molecule has 1 aromatic carbocycles. The standard InChI is InChI=1S/C19H21FN2O2/c1-13-9-16(10-15-3-5-17(20)6-4-15)11-18(21-13)19-12-22(14(2)23)7-8-24-19/h3-6,9,11,19H,7-8,10,12H2,1-2H3/t19-/m0/s1. The van der Waals surface area contributed by atoms with E-state index in [0.29, 0.717) is 26.1 Å². The van der Waals surface area contributed by atoms with Gasteiger partial charge in [-0.15, -0.1) is 0 Å². The zero-order chi connectivity index (χ0) is 17.1. The van der Waals surface area contributed by atoms with Crippen molar-refractivity contribution in [1.82, 2.24) is 9.88 Å². The predicted octanol–water partition coefficient (Wildman–Crippen LogP) is 3.04. The number of carbonyl (C=O) groups excluding carboxylic acids is 1. The number of hydrogen-bond donors (Lipinski definition) is 0. The number of aromatic nitrogens is 1. The minimum Gasteiger partial charge on any atom is -0.368 e. The third kappa shape index (κ3) is 3.97. The van der Waals surface area contributed by atoms with Gasteiger partial charge in [-0.25, -0.2) is 4.39 Å². The zero-order valence-corrected chi connectivity index (χ0v) is 14.0. The Hall–Kier alpha value is -2.27. The fourth-order valence-corrected chi connectivity index (χ4v) is 2.99. The summed E-state index contributed by atoms with van der Waals surface area (Å²) in [4.78, 5) is 18.0. The second-order valence-electron chi connectivity index (χ2n) is 6.17. The Morgan fingerprint density at radius 2 is 2.04 bits per heavy atom. The first-order valence-corrected chi connectivity index (χ1v) is 8.10. The van der Waals surface area contributed by atoms with Crippen molar-refractivity contribution in [2.24, 2.45) is 0 Å². The van der Waals surface area contributed by atoms with Gasteiger partial charge in [0.25, 0.3) is 0 Å². The first kappa shape index (κ1) is 16.6. The Labute approximate surface area is 141 Å². The molecule has 1 aliphatic rings. The Kier molecular flexibility index (Phi) is 4.90. The van der Waals surface area contributed by atoms with Crippen LogP contribution in [0.4, 0.5) is 4.39 Å². The summed E-state index contributed by atoms with van der Waals surface area (Å²) < 4.78 is 18.9. The fraction of sp³-hybridized carbons (Fsp3) is 0.368. The van der Waals surface area contributed by atoms with Crippen molar-refractivity contribution in [2.75, 3.05) is 19.7 Å². The van der Waals surface area contributed by atoms with Crippen LogP contribution in [0.1, 0.15) is 35.5 Å². The third-order valence-electron chi connectivity index (χ3n) is 4.20. The second-order valence-corrected chi connectivity index (χ2v) is 6.17. The predicted molar refractivity (Wildman–Crippen MR) is 89.1 cm³/mol. The zero-order valence-electron chi connectivity index (χ0n) is 14.0. The molecule has 2 heterocycles. The van der Waals surface area contributed by atoms with Gasteiger partial charge in [0.1, 0.15) is 11.9 Å². The Morgan fingerprint density at radius 1 is 1.29 bits per heavy atom. The maximum absolute atomic E-state index is 13.0. The number of carbonyl (C=O) groups is 1. The molecule has 0 unspecified atom stereocenters. The summed E-state index contributed by atoms with van der Waals surface area (Å²) in [6.07, 6.45) is 0.509.